The van der Waals surface area contributed by atoms with Gasteiger partial charge in [-0.3, -0.25) is 4.72 Å². The number of hydrogen-bond acceptors (Lipinski definition) is 6. The number of aromatic nitrogens is 2. The van der Waals surface area contributed by atoms with Gasteiger partial charge >= 0.3 is 0 Å². The summed E-state index contributed by atoms with van der Waals surface area (Å²) in [5.41, 5.74) is 0.372. The van der Waals surface area contributed by atoms with Crippen LogP contribution in [0.1, 0.15) is 25.7 Å². The Labute approximate surface area is 143 Å². The quantitative estimate of drug-likeness (QED) is 0.734. The van der Waals surface area contributed by atoms with E-state index >= 15 is 0 Å². The van der Waals surface area contributed by atoms with Crippen molar-refractivity contribution in [2.75, 3.05) is 4.72 Å². The van der Waals surface area contributed by atoms with Gasteiger partial charge in [0, 0.05) is 16.6 Å². The van der Waals surface area contributed by atoms with Crippen molar-refractivity contribution in [1.29, 1.82) is 0 Å². The molecule has 0 amide bonds. The molecule has 1 aromatic carbocycles. The second-order valence-corrected chi connectivity index (χ2v) is 7.38. The highest BCUT2D eigenvalue weighted by atomic mass is 35.5. The summed E-state index contributed by atoms with van der Waals surface area (Å²) in [6, 6.07) is 9.06. The molecule has 1 N–H and O–H groups in total. The van der Waals surface area contributed by atoms with Crippen LogP contribution < -0.4 is 4.72 Å². The third-order valence-electron chi connectivity index (χ3n) is 3.09. The van der Waals surface area contributed by atoms with Gasteiger partial charge < -0.3 is 8.83 Å². The Morgan fingerprint density at radius 3 is 2.38 bits per heavy atom. The molecule has 24 heavy (non-hydrogen) atoms. The van der Waals surface area contributed by atoms with Gasteiger partial charge in [-0.15, -0.1) is 10.2 Å². The topological polar surface area (TPSA) is 98.2 Å². The molecule has 0 aliphatic rings. The van der Waals surface area contributed by atoms with Crippen LogP contribution in [0.15, 0.2) is 50.3 Å². The van der Waals surface area contributed by atoms with Crippen LogP contribution in [0.5, 0.6) is 0 Å². The summed E-state index contributed by atoms with van der Waals surface area (Å²) in [5, 5.41) is 8.00. The highest BCUT2D eigenvalue weighted by Crippen LogP contribution is 2.26. The fourth-order valence-electron chi connectivity index (χ4n) is 1.87. The van der Waals surface area contributed by atoms with Gasteiger partial charge in [0.25, 0.3) is 15.9 Å². The fraction of sp³-hybridized carbons (Fsp3) is 0.200. The average Bonchev–Trinajstić information content (AvgIpc) is 3.18. The molecular formula is C15H14ClN3O4S. The van der Waals surface area contributed by atoms with Gasteiger partial charge in [0.1, 0.15) is 0 Å². The maximum atomic E-state index is 12.3. The molecule has 9 heteroatoms. The summed E-state index contributed by atoms with van der Waals surface area (Å²) in [4.78, 5) is 0. The standard InChI is InChI=1S/C15H14ClN3O4S/c1-9(2)14-17-18-15(23-14)12-7-8-13(22-12)24(20,21)19-11-5-3-10(16)4-6-11/h3-9,19H,1-2H3. The van der Waals surface area contributed by atoms with Crippen molar-refractivity contribution in [2.45, 2.75) is 24.9 Å². The maximum absolute atomic E-state index is 12.3. The van der Waals surface area contributed by atoms with Gasteiger partial charge in [0.05, 0.1) is 0 Å². The number of rotatable bonds is 5. The molecule has 0 aliphatic carbocycles. The molecule has 0 saturated heterocycles. The van der Waals surface area contributed by atoms with E-state index in [4.69, 9.17) is 20.4 Å². The molecule has 0 unspecified atom stereocenters. The molecule has 0 spiro atoms. The maximum Gasteiger partial charge on any atom is 0.295 e. The first kappa shape index (κ1) is 16.5. The molecule has 0 radical (unpaired) electrons. The molecule has 0 atom stereocenters. The predicted molar refractivity (Wildman–Crippen MR) is 88.3 cm³/mol. The van der Waals surface area contributed by atoms with Crippen LogP contribution >= 0.6 is 11.6 Å². The summed E-state index contributed by atoms with van der Waals surface area (Å²) in [5.74, 6) is 0.832. The molecule has 3 rings (SSSR count). The van der Waals surface area contributed by atoms with E-state index in [0.717, 1.165) is 0 Å². The molecule has 0 bridgehead atoms. The number of furan rings is 1. The molecule has 126 valence electrons. The van der Waals surface area contributed by atoms with Gasteiger partial charge in [-0.25, -0.2) is 0 Å². The van der Waals surface area contributed by atoms with Gasteiger partial charge in [0.2, 0.25) is 11.0 Å². The molecule has 0 saturated carbocycles. The number of halogens is 1. The van der Waals surface area contributed by atoms with Crippen molar-refractivity contribution in [1.82, 2.24) is 10.2 Å². The first-order chi connectivity index (χ1) is 11.3. The van der Waals surface area contributed by atoms with Crippen molar-refractivity contribution in [3.05, 3.63) is 47.3 Å². The molecule has 3 aromatic rings. The smallest absolute Gasteiger partial charge is 0.295 e. The summed E-state index contributed by atoms with van der Waals surface area (Å²) < 4.78 is 37.9. The average molecular weight is 368 g/mol. The van der Waals surface area contributed by atoms with Crippen LogP contribution in [0.4, 0.5) is 5.69 Å². The van der Waals surface area contributed by atoms with Crippen molar-refractivity contribution in [3.63, 3.8) is 0 Å². The Morgan fingerprint density at radius 2 is 1.75 bits per heavy atom. The monoisotopic (exact) mass is 367 g/mol. The second kappa shape index (κ2) is 6.29. The Hall–Kier alpha value is -2.32. The van der Waals surface area contributed by atoms with Gasteiger partial charge in [0.15, 0.2) is 5.76 Å². The number of benzene rings is 1. The van der Waals surface area contributed by atoms with E-state index in [2.05, 4.69) is 14.9 Å². The lowest BCUT2D eigenvalue weighted by Crippen LogP contribution is -2.11. The van der Waals surface area contributed by atoms with Crippen LogP contribution in [0.3, 0.4) is 0 Å². The zero-order valence-electron chi connectivity index (χ0n) is 12.9. The second-order valence-electron chi connectivity index (χ2n) is 5.33. The molecule has 7 nitrogen and oxygen atoms in total. The van der Waals surface area contributed by atoms with Crippen molar-refractivity contribution in [3.8, 4) is 11.7 Å². The number of nitrogens with zero attached hydrogens (tertiary/aromatic N) is 2. The number of hydrogen-bond donors (Lipinski definition) is 1. The Kier molecular flexibility index (Phi) is 4.33. The normalized spacial score (nSPS) is 11.8. The van der Waals surface area contributed by atoms with Crippen molar-refractivity contribution < 1.29 is 17.3 Å². The van der Waals surface area contributed by atoms with Crippen LogP contribution in [0.25, 0.3) is 11.7 Å². The Bertz CT molecular complexity index is 945. The van der Waals surface area contributed by atoms with Crippen molar-refractivity contribution in [2.24, 2.45) is 0 Å². The zero-order valence-corrected chi connectivity index (χ0v) is 14.4. The van der Waals surface area contributed by atoms with E-state index < -0.39 is 10.0 Å². The molecule has 0 fully saturated rings. The minimum Gasteiger partial charge on any atom is -0.438 e. The highest BCUT2D eigenvalue weighted by molar-refractivity contribution is 7.92. The van der Waals surface area contributed by atoms with E-state index in [0.29, 0.717) is 16.6 Å². The predicted octanol–water partition coefficient (Wildman–Crippen LogP) is 3.91. The third kappa shape index (κ3) is 3.44. The van der Waals surface area contributed by atoms with E-state index in [-0.39, 0.29) is 22.7 Å². The van der Waals surface area contributed by atoms with Crippen LogP contribution in [0.2, 0.25) is 5.02 Å². The number of anilines is 1. The molecular weight excluding hydrogens is 354 g/mol. The first-order valence-corrected chi connectivity index (χ1v) is 8.93. The minimum atomic E-state index is -3.87. The molecule has 2 aromatic heterocycles. The largest absolute Gasteiger partial charge is 0.438 e. The van der Waals surface area contributed by atoms with Crippen LogP contribution in [-0.4, -0.2) is 18.6 Å². The minimum absolute atomic E-state index is 0.0657. The Balaban J connectivity index is 1.84. The third-order valence-corrected chi connectivity index (χ3v) is 4.59. The van der Waals surface area contributed by atoms with Gasteiger partial charge in [-0.05, 0) is 36.4 Å². The van der Waals surface area contributed by atoms with Crippen molar-refractivity contribution >= 4 is 27.3 Å². The van der Waals surface area contributed by atoms with Crippen LogP contribution in [0, 0.1) is 0 Å². The lowest BCUT2D eigenvalue weighted by molar-refractivity contribution is 0.429. The zero-order chi connectivity index (χ0) is 17.3. The van der Waals surface area contributed by atoms with E-state index in [1.165, 1.54) is 12.1 Å². The SMILES string of the molecule is CC(C)c1nnc(-c2ccc(S(=O)(=O)Nc3ccc(Cl)cc3)o2)o1. The lowest BCUT2D eigenvalue weighted by atomic mass is 10.2. The molecule has 2 heterocycles. The van der Waals surface area contributed by atoms with Crippen LogP contribution in [-0.2, 0) is 10.0 Å². The number of nitrogens with one attached hydrogen (secondary N) is 1. The number of sulfonamides is 1. The van der Waals surface area contributed by atoms with Gasteiger partial charge in [-0.1, -0.05) is 25.4 Å². The summed E-state index contributed by atoms with van der Waals surface area (Å²) in [6.45, 7) is 3.82. The van der Waals surface area contributed by atoms with Gasteiger partial charge in [-0.2, -0.15) is 8.42 Å². The van der Waals surface area contributed by atoms with E-state index in [1.807, 2.05) is 13.8 Å². The Morgan fingerprint density at radius 1 is 1.04 bits per heavy atom. The summed E-state index contributed by atoms with van der Waals surface area (Å²) in [6.07, 6.45) is 0. The van der Waals surface area contributed by atoms with E-state index in [9.17, 15) is 8.42 Å². The fourth-order valence-corrected chi connectivity index (χ4v) is 2.99. The first-order valence-electron chi connectivity index (χ1n) is 7.07. The molecule has 0 aliphatic heterocycles. The van der Waals surface area contributed by atoms with E-state index in [1.54, 1.807) is 24.3 Å². The summed E-state index contributed by atoms with van der Waals surface area (Å²) >= 11 is 5.78. The lowest BCUT2D eigenvalue weighted by Gasteiger charge is -2.05. The summed E-state index contributed by atoms with van der Waals surface area (Å²) in [7, 11) is -3.87. The highest BCUT2D eigenvalue weighted by Gasteiger charge is 2.22.